The van der Waals surface area contributed by atoms with Crippen molar-refractivity contribution >= 4 is 5.97 Å². The summed E-state index contributed by atoms with van der Waals surface area (Å²) in [6.45, 7) is 5.73. The summed E-state index contributed by atoms with van der Waals surface area (Å²) in [5.41, 5.74) is 7.85. The molecule has 1 aromatic carbocycles. The molecule has 0 unspecified atom stereocenters. The molecule has 100 valence electrons. The first-order chi connectivity index (χ1) is 8.56. The van der Waals surface area contributed by atoms with Crippen LogP contribution in [0.15, 0.2) is 24.3 Å². The summed E-state index contributed by atoms with van der Waals surface area (Å²) in [6.07, 6.45) is 0. The first-order valence-corrected chi connectivity index (χ1v) is 6.15. The van der Waals surface area contributed by atoms with Crippen molar-refractivity contribution in [3.05, 3.63) is 35.4 Å². The lowest BCUT2D eigenvalue weighted by molar-refractivity contribution is -0.142. The minimum absolute atomic E-state index is 0.206. The molecule has 18 heavy (non-hydrogen) atoms. The summed E-state index contributed by atoms with van der Waals surface area (Å²) in [5.74, 6) is -0.206. The first-order valence-electron chi connectivity index (χ1n) is 6.15. The van der Waals surface area contributed by atoms with E-state index in [9.17, 15) is 4.79 Å². The molecule has 4 nitrogen and oxygen atoms in total. The highest BCUT2D eigenvalue weighted by atomic mass is 16.5. The summed E-state index contributed by atoms with van der Waals surface area (Å²) >= 11 is 0. The van der Waals surface area contributed by atoms with Crippen molar-refractivity contribution in [2.45, 2.75) is 33.0 Å². The van der Waals surface area contributed by atoms with Crippen LogP contribution >= 0.6 is 0 Å². The van der Waals surface area contributed by atoms with Crippen LogP contribution in [0, 0.1) is 0 Å². The molecule has 1 rings (SSSR count). The Morgan fingerprint density at radius 1 is 1.28 bits per heavy atom. The number of hydrogen-bond donors (Lipinski definition) is 1. The second-order valence-corrected chi connectivity index (χ2v) is 4.60. The summed E-state index contributed by atoms with van der Waals surface area (Å²) < 4.78 is 4.71. The van der Waals surface area contributed by atoms with E-state index in [1.807, 2.05) is 12.1 Å². The Kier molecular flexibility index (Phi) is 5.82. The molecule has 0 radical (unpaired) electrons. The normalized spacial score (nSPS) is 11.0. The average molecular weight is 250 g/mol. The third-order valence-corrected chi connectivity index (χ3v) is 2.93. The lowest BCUT2D eigenvalue weighted by Gasteiger charge is -2.25. The predicted molar refractivity (Wildman–Crippen MR) is 71.9 cm³/mol. The number of methoxy groups -OCH3 is 1. The molecule has 0 saturated carbocycles. The number of ether oxygens (including phenoxy) is 1. The summed E-state index contributed by atoms with van der Waals surface area (Å²) in [7, 11) is 1.41. The number of carbonyl (C=O) groups is 1. The Bertz CT molecular complexity index is 374. The van der Waals surface area contributed by atoms with Gasteiger partial charge in [-0.25, -0.2) is 0 Å². The van der Waals surface area contributed by atoms with Gasteiger partial charge in [-0.3, -0.25) is 9.69 Å². The van der Waals surface area contributed by atoms with Crippen LogP contribution in [-0.2, 0) is 22.6 Å². The smallest absolute Gasteiger partial charge is 0.319 e. The van der Waals surface area contributed by atoms with Crippen LogP contribution in [0.2, 0.25) is 0 Å². The number of nitrogens with two attached hydrogens (primary N) is 1. The third kappa shape index (κ3) is 4.47. The van der Waals surface area contributed by atoms with Crippen molar-refractivity contribution < 1.29 is 9.53 Å². The molecule has 1 aromatic rings. The maximum atomic E-state index is 11.3. The van der Waals surface area contributed by atoms with Crippen molar-refractivity contribution in [3.63, 3.8) is 0 Å². The van der Waals surface area contributed by atoms with E-state index < -0.39 is 0 Å². The lowest BCUT2D eigenvalue weighted by atomic mass is 10.1. The van der Waals surface area contributed by atoms with Gasteiger partial charge in [0.2, 0.25) is 0 Å². The minimum Gasteiger partial charge on any atom is -0.468 e. The van der Waals surface area contributed by atoms with Gasteiger partial charge in [0.1, 0.15) is 0 Å². The summed E-state index contributed by atoms with van der Waals surface area (Å²) in [6, 6.07) is 8.43. The zero-order valence-electron chi connectivity index (χ0n) is 11.3. The number of rotatable bonds is 6. The van der Waals surface area contributed by atoms with Crippen molar-refractivity contribution in [3.8, 4) is 0 Å². The molecule has 0 spiro atoms. The highest BCUT2D eigenvalue weighted by Gasteiger charge is 2.14. The monoisotopic (exact) mass is 250 g/mol. The van der Waals surface area contributed by atoms with Crippen LogP contribution in [-0.4, -0.2) is 30.6 Å². The molecule has 0 aliphatic rings. The molecule has 0 aliphatic heterocycles. The topological polar surface area (TPSA) is 55.6 Å². The van der Waals surface area contributed by atoms with Crippen molar-refractivity contribution in [2.24, 2.45) is 5.73 Å². The van der Waals surface area contributed by atoms with E-state index in [0.717, 1.165) is 12.1 Å². The molecule has 0 atom stereocenters. The molecule has 0 aliphatic carbocycles. The third-order valence-electron chi connectivity index (χ3n) is 2.93. The van der Waals surface area contributed by atoms with Crippen LogP contribution < -0.4 is 5.73 Å². The van der Waals surface area contributed by atoms with Gasteiger partial charge in [0, 0.05) is 19.1 Å². The van der Waals surface area contributed by atoms with Gasteiger partial charge in [0.25, 0.3) is 0 Å². The minimum atomic E-state index is -0.206. The van der Waals surface area contributed by atoms with Crippen molar-refractivity contribution in [2.75, 3.05) is 13.7 Å². The molecule has 0 heterocycles. The Hall–Kier alpha value is -1.39. The summed E-state index contributed by atoms with van der Waals surface area (Å²) in [4.78, 5) is 13.4. The van der Waals surface area contributed by atoms with Gasteiger partial charge < -0.3 is 10.5 Å². The number of nitrogens with zero attached hydrogens (tertiary/aromatic N) is 1. The van der Waals surface area contributed by atoms with E-state index in [0.29, 0.717) is 19.1 Å². The Morgan fingerprint density at radius 3 is 2.28 bits per heavy atom. The number of carbonyl (C=O) groups excluding carboxylic acids is 1. The predicted octanol–water partition coefficient (Wildman–Crippen LogP) is 1.53. The molecule has 0 amide bonds. The first kappa shape index (κ1) is 14.7. The molecule has 4 heteroatoms. The maximum Gasteiger partial charge on any atom is 0.319 e. The van der Waals surface area contributed by atoms with Crippen LogP contribution in [0.5, 0.6) is 0 Å². The molecule has 0 saturated heterocycles. The highest BCUT2D eigenvalue weighted by molar-refractivity contribution is 5.71. The van der Waals surface area contributed by atoms with Crippen molar-refractivity contribution in [1.29, 1.82) is 0 Å². The molecule has 0 fully saturated rings. The fourth-order valence-electron chi connectivity index (χ4n) is 1.67. The van der Waals surface area contributed by atoms with Crippen molar-refractivity contribution in [1.82, 2.24) is 4.90 Å². The fraction of sp³-hybridized carbons (Fsp3) is 0.500. The number of esters is 1. The largest absolute Gasteiger partial charge is 0.468 e. The van der Waals surface area contributed by atoms with Gasteiger partial charge in [0.15, 0.2) is 0 Å². The van der Waals surface area contributed by atoms with Crippen LogP contribution in [0.1, 0.15) is 25.0 Å². The molecule has 0 bridgehead atoms. The van der Waals surface area contributed by atoms with E-state index in [4.69, 9.17) is 10.5 Å². The quantitative estimate of drug-likeness (QED) is 0.778. The zero-order chi connectivity index (χ0) is 13.5. The van der Waals surface area contributed by atoms with Gasteiger partial charge >= 0.3 is 5.97 Å². The second-order valence-electron chi connectivity index (χ2n) is 4.60. The average Bonchev–Trinajstić information content (AvgIpc) is 2.38. The Balaban J connectivity index is 2.67. The second kappa shape index (κ2) is 7.13. The SMILES string of the molecule is COC(=O)CN(Cc1ccc(CN)cc1)C(C)C. The van der Waals surface area contributed by atoms with E-state index >= 15 is 0 Å². The summed E-state index contributed by atoms with van der Waals surface area (Å²) in [5, 5.41) is 0. The van der Waals surface area contributed by atoms with Gasteiger partial charge in [-0.15, -0.1) is 0 Å². The standard InChI is InChI=1S/C14H22N2O2/c1-11(2)16(10-14(17)18-3)9-13-6-4-12(8-15)5-7-13/h4-7,11H,8-10,15H2,1-3H3. The Morgan fingerprint density at radius 2 is 1.83 bits per heavy atom. The van der Waals surface area contributed by atoms with E-state index in [1.165, 1.54) is 12.7 Å². The molecule has 0 aromatic heterocycles. The van der Waals surface area contributed by atoms with Gasteiger partial charge in [0.05, 0.1) is 13.7 Å². The fourth-order valence-corrected chi connectivity index (χ4v) is 1.67. The molecule has 2 N–H and O–H groups in total. The van der Waals surface area contributed by atoms with Gasteiger partial charge in [-0.05, 0) is 25.0 Å². The van der Waals surface area contributed by atoms with Crippen LogP contribution in [0.4, 0.5) is 0 Å². The van der Waals surface area contributed by atoms with E-state index in [2.05, 4.69) is 30.9 Å². The van der Waals surface area contributed by atoms with E-state index in [-0.39, 0.29) is 5.97 Å². The van der Waals surface area contributed by atoms with Gasteiger partial charge in [-0.1, -0.05) is 24.3 Å². The number of hydrogen-bond acceptors (Lipinski definition) is 4. The zero-order valence-corrected chi connectivity index (χ0v) is 11.3. The molecular weight excluding hydrogens is 228 g/mol. The number of benzene rings is 1. The highest BCUT2D eigenvalue weighted by Crippen LogP contribution is 2.10. The lowest BCUT2D eigenvalue weighted by Crippen LogP contribution is -2.35. The molecular formula is C14H22N2O2. The van der Waals surface area contributed by atoms with Crippen LogP contribution in [0.25, 0.3) is 0 Å². The van der Waals surface area contributed by atoms with Gasteiger partial charge in [-0.2, -0.15) is 0 Å². The maximum absolute atomic E-state index is 11.3. The van der Waals surface area contributed by atoms with E-state index in [1.54, 1.807) is 0 Å². The van der Waals surface area contributed by atoms with Crippen LogP contribution in [0.3, 0.4) is 0 Å². The Labute approximate surface area is 109 Å².